The molecule has 1 fully saturated rings. The number of hydrogen-bond donors (Lipinski definition) is 1. The second-order valence-electron chi connectivity index (χ2n) is 6.35. The maximum atomic E-state index is 3.68. The van der Waals surface area contributed by atoms with Crippen molar-refractivity contribution >= 4 is 11.3 Å². The first-order valence-electron chi connectivity index (χ1n) is 8.23. The smallest absolute Gasteiger partial charge is 0.0331 e. The molecule has 0 atom stereocenters. The van der Waals surface area contributed by atoms with Gasteiger partial charge in [0.25, 0.3) is 0 Å². The Hall–Kier alpha value is -0.380. The van der Waals surface area contributed by atoms with Gasteiger partial charge < -0.3 is 5.32 Å². The average molecular weight is 295 g/mol. The monoisotopic (exact) mass is 294 g/mol. The molecule has 0 amide bonds. The van der Waals surface area contributed by atoms with Crippen LogP contribution in [0.3, 0.4) is 0 Å². The van der Waals surface area contributed by atoms with Gasteiger partial charge in [0, 0.05) is 30.6 Å². The van der Waals surface area contributed by atoms with E-state index in [0.29, 0.717) is 6.04 Å². The zero-order valence-corrected chi connectivity index (χ0v) is 13.9. The van der Waals surface area contributed by atoms with Crippen LogP contribution >= 0.6 is 11.3 Å². The van der Waals surface area contributed by atoms with E-state index in [2.05, 4.69) is 41.6 Å². The quantitative estimate of drug-likeness (QED) is 0.725. The number of hydrogen-bond acceptors (Lipinski definition) is 3. The normalized spacial score (nSPS) is 17.2. The molecular weight excluding hydrogens is 264 g/mol. The lowest BCUT2D eigenvalue weighted by molar-refractivity contribution is 0.212. The van der Waals surface area contributed by atoms with Gasteiger partial charge in [-0.2, -0.15) is 0 Å². The largest absolute Gasteiger partial charge is 0.315 e. The van der Waals surface area contributed by atoms with Crippen molar-refractivity contribution in [3.63, 3.8) is 0 Å². The van der Waals surface area contributed by atoms with Gasteiger partial charge in [-0.3, -0.25) is 4.90 Å². The summed E-state index contributed by atoms with van der Waals surface area (Å²) in [5, 5.41) is 5.86. The molecule has 2 rings (SSSR count). The number of nitrogens with zero attached hydrogens (tertiary/aromatic N) is 1. The summed E-state index contributed by atoms with van der Waals surface area (Å²) in [7, 11) is 0. The third kappa shape index (κ3) is 5.55. The van der Waals surface area contributed by atoms with Crippen molar-refractivity contribution < 1.29 is 0 Å². The highest BCUT2D eigenvalue weighted by Gasteiger charge is 2.14. The lowest BCUT2D eigenvalue weighted by Gasteiger charge is -2.27. The van der Waals surface area contributed by atoms with Gasteiger partial charge >= 0.3 is 0 Å². The maximum Gasteiger partial charge on any atom is 0.0331 e. The molecule has 1 aliphatic rings. The molecule has 2 nitrogen and oxygen atoms in total. The van der Waals surface area contributed by atoms with E-state index in [1.165, 1.54) is 43.5 Å². The summed E-state index contributed by atoms with van der Waals surface area (Å²) in [5.41, 5.74) is 0. The molecule has 0 unspecified atom stereocenters. The van der Waals surface area contributed by atoms with Crippen molar-refractivity contribution in [2.75, 3.05) is 19.6 Å². The van der Waals surface area contributed by atoms with Crippen molar-refractivity contribution in [2.45, 2.75) is 58.5 Å². The molecule has 0 aromatic carbocycles. The average Bonchev–Trinajstić information content (AvgIpc) is 2.96. The van der Waals surface area contributed by atoms with Gasteiger partial charge in [0.05, 0.1) is 0 Å². The fourth-order valence-corrected chi connectivity index (χ4v) is 3.77. The molecule has 0 aliphatic heterocycles. The Labute approximate surface area is 128 Å². The van der Waals surface area contributed by atoms with Crippen LogP contribution in [-0.4, -0.2) is 30.6 Å². The minimum absolute atomic E-state index is 0.619. The van der Waals surface area contributed by atoms with Crippen LogP contribution in [0.15, 0.2) is 17.5 Å². The first-order chi connectivity index (χ1) is 9.75. The Morgan fingerprint density at radius 3 is 2.75 bits per heavy atom. The van der Waals surface area contributed by atoms with Gasteiger partial charge in [0.1, 0.15) is 0 Å². The van der Waals surface area contributed by atoms with Crippen molar-refractivity contribution in [1.82, 2.24) is 10.2 Å². The van der Waals surface area contributed by atoms with Crippen molar-refractivity contribution in [1.29, 1.82) is 0 Å². The molecule has 3 heteroatoms. The van der Waals surface area contributed by atoms with Crippen LogP contribution in [0.2, 0.25) is 0 Å². The highest BCUT2D eigenvalue weighted by Crippen LogP contribution is 2.22. The van der Waals surface area contributed by atoms with E-state index in [9.17, 15) is 0 Å². The minimum Gasteiger partial charge on any atom is -0.315 e. The van der Waals surface area contributed by atoms with Crippen LogP contribution in [0.4, 0.5) is 0 Å². The van der Waals surface area contributed by atoms with E-state index in [4.69, 9.17) is 0 Å². The first kappa shape index (κ1) is 16.0. The van der Waals surface area contributed by atoms with Crippen molar-refractivity contribution in [3.05, 3.63) is 22.4 Å². The lowest BCUT2D eigenvalue weighted by Crippen LogP contribution is -2.37. The minimum atomic E-state index is 0.619. The molecule has 0 bridgehead atoms. The molecule has 114 valence electrons. The Kier molecular flexibility index (Phi) is 7.05. The van der Waals surface area contributed by atoms with Crippen LogP contribution < -0.4 is 5.32 Å². The van der Waals surface area contributed by atoms with Gasteiger partial charge in [0.15, 0.2) is 0 Å². The second kappa shape index (κ2) is 8.81. The Morgan fingerprint density at radius 1 is 1.30 bits per heavy atom. The zero-order chi connectivity index (χ0) is 14.2. The number of nitrogens with one attached hydrogen (secondary N) is 1. The zero-order valence-electron chi connectivity index (χ0n) is 13.1. The molecule has 0 spiro atoms. The molecule has 1 aromatic heterocycles. The molecular formula is C17H30N2S. The Morgan fingerprint density at radius 2 is 2.10 bits per heavy atom. The molecule has 20 heavy (non-hydrogen) atoms. The third-order valence-electron chi connectivity index (χ3n) is 4.40. The first-order valence-corrected chi connectivity index (χ1v) is 9.11. The lowest BCUT2D eigenvalue weighted by atomic mass is 9.89. The van der Waals surface area contributed by atoms with E-state index in [-0.39, 0.29) is 0 Å². The second-order valence-corrected chi connectivity index (χ2v) is 7.38. The fraction of sp³-hybridized carbons (Fsp3) is 0.765. The van der Waals surface area contributed by atoms with Crippen LogP contribution in [-0.2, 0) is 6.54 Å². The molecule has 1 saturated carbocycles. The summed E-state index contributed by atoms with van der Waals surface area (Å²) in [6, 6.07) is 5.02. The van der Waals surface area contributed by atoms with Crippen LogP contribution in [0.1, 0.15) is 50.8 Å². The summed E-state index contributed by atoms with van der Waals surface area (Å²) >= 11 is 1.87. The predicted molar refractivity (Wildman–Crippen MR) is 89.3 cm³/mol. The fourth-order valence-electron chi connectivity index (χ4n) is 3.04. The van der Waals surface area contributed by atoms with Crippen molar-refractivity contribution in [2.24, 2.45) is 5.92 Å². The highest BCUT2D eigenvalue weighted by molar-refractivity contribution is 7.09. The molecule has 1 N–H and O–H groups in total. The standard InChI is InChI=1S/C17H30N2S/c1-15(2)19(14-17-9-6-12-20-17)11-10-18-13-16-7-4-3-5-8-16/h6,9,12,15-16,18H,3-5,7-8,10-11,13-14H2,1-2H3. The van der Waals surface area contributed by atoms with E-state index < -0.39 is 0 Å². The van der Waals surface area contributed by atoms with Gasteiger partial charge in [-0.25, -0.2) is 0 Å². The van der Waals surface area contributed by atoms with Crippen LogP contribution in [0, 0.1) is 5.92 Å². The summed E-state index contributed by atoms with van der Waals surface area (Å²) in [6.45, 7) is 9.21. The molecule has 1 heterocycles. The van der Waals surface area contributed by atoms with Gasteiger partial charge in [0.2, 0.25) is 0 Å². The van der Waals surface area contributed by atoms with Gasteiger partial charge in [-0.1, -0.05) is 25.3 Å². The number of rotatable bonds is 8. The van der Waals surface area contributed by atoms with Crippen molar-refractivity contribution in [3.8, 4) is 0 Å². The van der Waals surface area contributed by atoms with E-state index in [1.54, 1.807) is 0 Å². The van der Waals surface area contributed by atoms with Gasteiger partial charge in [-0.15, -0.1) is 11.3 Å². The highest BCUT2D eigenvalue weighted by atomic mass is 32.1. The molecule has 1 aromatic rings. The Bertz CT molecular complexity index is 342. The van der Waals surface area contributed by atoms with Crippen LogP contribution in [0.5, 0.6) is 0 Å². The topological polar surface area (TPSA) is 15.3 Å². The molecule has 0 saturated heterocycles. The molecule has 1 aliphatic carbocycles. The maximum absolute atomic E-state index is 3.68. The van der Waals surface area contributed by atoms with E-state index in [0.717, 1.165) is 25.6 Å². The summed E-state index contributed by atoms with van der Waals surface area (Å²) in [4.78, 5) is 4.05. The van der Waals surface area contributed by atoms with Crippen LogP contribution in [0.25, 0.3) is 0 Å². The predicted octanol–water partition coefficient (Wildman–Crippen LogP) is 4.13. The third-order valence-corrected chi connectivity index (χ3v) is 5.26. The summed E-state index contributed by atoms with van der Waals surface area (Å²) < 4.78 is 0. The van der Waals surface area contributed by atoms with E-state index >= 15 is 0 Å². The summed E-state index contributed by atoms with van der Waals surface area (Å²) in [5.74, 6) is 0.938. The van der Waals surface area contributed by atoms with E-state index in [1.807, 2.05) is 11.3 Å². The number of thiophene rings is 1. The SMILES string of the molecule is CC(C)N(CCNCC1CCCCC1)Cc1cccs1. The molecule has 0 radical (unpaired) electrons. The van der Waals surface area contributed by atoms with Gasteiger partial charge in [-0.05, 0) is 50.6 Å². The Balaban J connectivity index is 1.64. The summed E-state index contributed by atoms with van der Waals surface area (Å²) in [6.07, 6.45) is 7.23.